The molecule has 0 amide bonds. The standard InChI is InChI=1S/C13H17ClO/c1-9-7-11(14)5-6-12(9)13(15)8-10-3-2-4-10/h5-7,10,13,15H,2-4,8H2,1H3. The van der Waals surface area contributed by atoms with Crippen molar-refractivity contribution in [2.75, 3.05) is 0 Å². The highest BCUT2D eigenvalue weighted by atomic mass is 35.5. The minimum Gasteiger partial charge on any atom is -0.388 e. The first kappa shape index (κ1) is 11.0. The zero-order chi connectivity index (χ0) is 10.8. The molecule has 0 saturated heterocycles. The number of benzene rings is 1. The summed E-state index contributed by atoms with van der Waals surface area (Å²) in [5.74, 6) is 0.732. The van der Waals surface area contributed by atoms with Crippen LogP contribution in [-0.2, 0) is 0 Å². The largest absolute Gasteiger partial charge is 0.388 e. The summed E-state index contributed by atoms with van der Waals surface area (Å²) in [6, 6.07) is 5.72. The van der Waals surface area contributed by atoms with Gasteiger partial charge >= 0.3 is 0 Å². The van der Waals surface area contributed by atoms with E-state index in [1.54, 1.807) is 0 Å². The second-order valence-electron chi connectivity index (χ2n) is 4.55. The van der Waals surface area contributed by atoms with E-state index in [1.807, 2.05) is 25.1 Å². The van der Waals surface area contributed by atoms with Crippen LogP contribution in [0.5, 0.6) is 0 Å². The lowest BCUT2D eigenvalue weighted by Gasteiger charge is -2.28. The predicted octanol–water partition coefficient (Wildman–Crippen LogP) is 3.87. The number of aliphatic hydroxyl groups excluding tert-OH is 1. The van der Waals surface area contributed by atoms with Crippen LogP contribution >= 0.6 is 11.6 Å². The fourth-order valence-corrected chi connectivity index (χ4v) is 2.41. The molecule has 82 valence electrons. The second kappa shape index (κ2) is 4.54. The van der Waals surface area contributed by atoms with Gasteiger partial charge in [-0.25, -0.2) is 0 Å². The first-order chi connectivity index (χ1) is 7.16. The van der Waals surface area contributed by atoms with Gasteiger partial charge in [0.15, 0.2) is 0 Å². The molecule has 1 atom stereocenters. The average Bonchev–Trinajstić information content (AvgIpc) is 2.11. The van der Waals surface area contributed by atoms with Gasteiger partial charge < -0.3 is 5.11 Å². The van der Waals surface area contributed by atoms with Crippen molar-refractivity contribution in [3.05, 3.63) is 34.3 Å². The van der Waals surface area contributed by atoms with Crippen LogP contribution in [-0.4, -0.2) is 5.11 Å². The summed E-state index contributed by atoms with van der Waals surface area (Å²) in [5.41, 5.74) is 2.13. The first-order valence-corrected chi connectivity index (χ1v) is 5.98. The summed E-state index contributed by atoms with van der Waals surface area (Å²) < 4.78 is 0. The molecule has 2 rings (SSSR count). The summed E-state index contributed by atoms with van der Waals surface area (Å²) in [5, 5.41) is 10.8. The SMILES string of the molecule is Cc1cc(Cl)ccc1C(O)CC1CCC1. The van der Waals surface area contributed by atoms with Gasteiger partial charge in [0.1, 0.15) is 0 Å². The minimum absolute atomic E-state index is 0.312. The van der Waals surface area contributed by atoms with E-state index in [0.29, 0.717) is 0 Å². The molecule has 15 heavy (non-hydrogen) atoms. The van der Waals surface area contributed by atoms with E-state index >= 15 is 0 Å². The third-order valence-corrected chi connectivity index (χ3v) is 3.61. The van der Waals surface area contributed by atoms with Gasteiger partial charge in [0.25, 0.3) is 0 Å². The Balaban J connectivity index is 2.06. The minimum atomic E-state index is -0.312. The molecule has 0 spiro atoms. The lowest BCUT2D eigenvalue weighted by molar-refractivity contribution is 0.118. The molecule has 1 aromatic carbocycles. The molecule has 1 saturated carbocycles. The summed E-state index contributed by atoms with van der Waals surface area (Å²) in [4.78, 5) is 0. The monoisotopic (exact) mass is 224 g/mol. The van der Waals surface area contributed by atoms with Crippen LogP contribution in [0.15, 0.2) is 18.2 Å². The molecule has 1 fully saturated rings. The van der Waals surface area contributed by atoms with E-state index in [9.17, 15) is 5.11 Å². The Hall–Kier alpha value is -0.530. The van der Waals surface area contributed by atoms with Crippen molar-refractivity contribution in [2.45, 2.75) is 38.7 Å². The van der Waals surface area contributed by atoms with Crippen molar-refractivity contribution in [3.63, 3.8) is 0 Å². The van der Waals surface area contributed by atoms with Crippen molar-refractivity contribution in [1.82, 2.24) is 0 Å². The summed E-state index contributed by atoms with van der Waals surface area (Å²) in [6.45, 7) is 2.01. The van der Waals surface area contributed by atoms with Gasteiger partial charge in [0.05, 0.1) is 6.10 Å². The summed E-state index contributed by atoms with van der Waals surface area (Å²) in [6.07, 6.45) is 4.49. The summed E-state index contributed by atoms with van der Waals surface area (Å²) in [7, 11) is 0. The van der Waals surface area contributed by atoms with Gasteiger partial charge in [0, 0.05) is 5.02 Å². The Morgan fingerprint density at radius 2 is 2.20 bits per heavy atom. The zero-order valence-corrected chi connectivity index (χ0v) is 9.80. The molecular formula is C13H17ClO. The molecule has 1 unspecified atom stereocenters. The molecule has 0 aliphatic heterocycles. The molecule has 0 heterocycles. The van der Waals surface area contributed by atoms with Crippen LogP contribution in [0.3, 0.4) is 0 Å². The van der Waals surface area contributed by atoms with Gasteiger partial charge in [-0.2, -0.15) is 0 Å². The fourth-order valence-electron chi connectivity index (χ4n) is 2.18. The molecule has 1 aromatic rings. The number of hydrogen-bond donors (Lipinski definition) is 1. The third kappa shape index (κ3) is 2.53. The fraction of sp³-hybridized carbons (Fsp3) is 0.538. The van der Waals surface area contributed by atoms with E-state index in [2.05, 4.69) is 0 Å². The van der Waals surface area contributed by atoms with Gasteiger partial charge in [-0.15, -0.1) is 0 Å². The molecule has 0 radical (unpaired) electrons. The Bertz CT molecular complexity index is 344. The number of hydrogen-bond acceptors (Lipinski definition) is 1. The van der Waals surface area contributed by atoms with E-state index in [-0.39, 0.29) is 6.10 Å². The molecule has 0 bridgehead atoms. The van der Waals surface area contributed by atoms with Crippen molar-refractivity contribution in [2.24, 2.45) is 5.92 Å². The Labute approximate surface area is 96.1 Å². The zero-order valence-electron chi connectivity index (χ0n) is 9.04. The highest BCUT2D eigenvalue weighted by Crippen LogP contribution is 2.35. The highest BCUT2D eigenvalue weighted by Gasteiger charge is 2.22. The number of rotatable bonds is 3. The molecule has 1 nitrogen and oxygen atoms in total. The van der Waals surface area contributed by atoms with Crippen LogP contribution in [0.1, 0.15) is 42.9 Å². The Kier molecular flexibility index (Phi) is 3.32. The van der Waals surface area contributed by atoms with Gasteiger partial charge in [-0.3, -0.25) is 0 Å². The Morgan fingerprint density at radius 1 is 1.47 bits per heavy atom. The lowest BCUT2D eigenvalue weighted by Crippen LogP contribution is -2.15. The predicted molar refractivity (Wildman–Crippen MR) is 63.1 cm³/mol. The van der Waals surface area contributed by atoms with Crippen LogP contribution in [0.4, 0.5) is 0 Å². The molecule has 2 heteroatoms. The van der Waals surface area contributed by atoms with Crippen molar-refractivity contribution >= 4 is 11.6 Å². The molecule has 1 aliphatic carbocycles. The normalized spacial score (nSPS) is 18.6. The van der Waals surface area contributed by atoms with E-state index in [0.717, 1.165) is 28.5 Å². The molecule has 0 aromatic heterocycles. The number of aliphatic hydroxyl groups is 1. The number of halogens is 1. The maximum absolute atomic E-state index is 10.1. The molecular weight excluding hydrogens is 208 g/mol. The van der Waals surface area contributed by atoms with E-state index in [1.165, 1.54) is 19.3 Å². The van der Waals surface area contributed by atoms with Gasteiger partial charge in [-0.05, 0) is 42.5 Å². The van der Waals surface area contributed by atoms with Crippen LogP contribution in [0.2, 0.25) is 5.02 Å². The average molecular weight is 225 g/mol. The van der Waals surface area contributed by atoms with Crippen molar-refractivity contribution in [3.8, 4) is 0 Å². The smallest absolute Gasteiger partial charge is 0.0795 e. The van der Waals surface area contributed by atoms with Crippen LogP contribution in [0, 0.1) is 12.8 Å². The quantitative estimate of drug-likeness (QED) is 0.827. The maximum atomic E-state index is 10.1. The number of aryl methyl sites for hydroxylation is 1. The van der Waals surface area contributed by atoms with Crippen molar-refractivity contribution < 1.29 is 5.11 Å². The topological polar surface area (TPSA) is 20.2 Å². The van der Waals surface area contributed by atoms with Crippen molar-refractivity contribution in [1.29, 1.82) is 0 Å². The van der Waals surface area contributed by atoms with Gasteiger partial charge in [-0.1, -0.05) is 36.9 Å². The molecule has 1 aliphatic rings. The third-order valence-electron chi connectivity index (χ3n) is 3.37. The van der Waals surface area contributed by atoms with E-state index in [4.69, 9.17) is 11.6 Å². The highest BCUT2D eigenvalue weighted by molar-refractivity contribution is 6.30. The molecule has 1 N–H and O–H groups in total. The van der Waals surface area contributed by atoms with Gasteiger partial charge in [0.2, 0.25) is 0 Å². The maximum Gasteiger partial charge on any atom is 0.0795 e. The van der Waals surface area contributed by atoms with Crippen LogP contribution < -0.4 is 0 Å². The second-order valence-corrected chi connectivity index (χ2v) is 4.99. The summed E-state index contributed by atoms with van der Waals surface area (Å²) >= 11 is 5.88. The lowest BCUT2D eigenvalue weighted by atomic mass is 9.80. The Morgan fingerprint density at radius 3 is 2.73 bits per heavy atom. The first-order valence-electron chi connectivity index (χ1n) is 5.61. The van der Waals surface area contributed by atoms with E-state index < -0.39 is 0 Å². The van der Waals surface area contributed by atoms with Crippen LogP contribution in [0.25, 0.3) is 0 Å².